The third kappa shape index (κ3) is 1.77. The Morgan fingerprint density at radius 1 is 1.33 bits per heavy atom. The molecule has 0 saturated carbocycles. The van der Waals surface area contributed by atoms with E-state index in [2.05, 4.69) is 28.5 Å². The van der Waals surface area contributed by atoms with Gasteiger partial charge in [0.15, 0.2) is 0 Å². The fourth-order valence-electron chi connectivity index (χ4n) is 2.23. The summed E-state index contributed by atoms with van der Waals surface area (Å²) in [7, 11) is 0. The molecule has 1 aliphatic heterocycles. The normalized spacial score (nSPS) is 22.0. The standard InChI is InChI=1S/C12H14N2S/c1-2-6-13-10(3-1)9-4-5-12-11(7-9)14-8-15-12/h4-5,7-8,10,13H,1-3,6H2/t10-/m0/s1. The molecule has 15 heavy (non-hydrogen) atoms. The van der Waals surface area contributed by atoms with E-state index in [-0.39, 0.29) is 0 Å². The van der Waals surface area contributed by atoms with Gasteiger partial charge in [0.2, 0.25) is 0 Å². The smallest absolute Gasteiger partial charge is 0.0815 e. The first-order valence-electron chi connectivity index (χ1n) is 5.50. The van der Waals surface area contributed by atoms with Crippen molar-refractivity contribution in [3.05, 3.63) is 29.3 Å². The quantitative estimate of drug-likeness (QED) is 0.795. The summed E-state index contributed by atoms with van der Waals surface area (Å²) in [6, 6.07) is 7.21. The molecule has 0 aliphatic carbocycles. The highest BCUT2D eigenvalue weighted by Crippen LogP contribution is 2.26. The largest absolute Gasteiger partial charge is 0.310 e. The SMILES string of the molecule is c1nc2cc([C@@H]3CCCCN3)ccc2s1. The summed E-state index contributed by atoms with van der Waals surface area (Å²) in [5.74, 6) is 0. The zero-order valence-electron chi connectivity index (χ0n) is 8.57. The number of nitrogens with one attached hydrogen (secondary N) is 1. The van der Waals surface area contributed by atoms with E-state index in [9.17, 15) is 0 Å². The lowest BCUT2D eigenvalue weighted by atomic mass is 9.97. The Morgan fingerprint density at radius 3 is 3.20 bits per heavy atom. The minimum atomic E-state index is 0.546. The van der Waals surface area contributed by atoms with Crippen molar-refractivity contribution in [2.75, 3.05) is 6.54 Å². The fourth-order valence-corrected chi connectivity index (χ4v) is 2.89. The monoisotopic (exact) mass is 218 g/mol. The predicted molar refractivity (Wildman–Crippen MR) is 64.2 cm³/mol. The van der Waals surface area contributed by atoms with E-state index in [1.54, 1.807) is 11.3 Å². The van der Waals surface area contributed by atoms with Gasteiger partial charge in [-0.15, -0.1) is 11.3 Å². The highest BCUT2D eigenvalue weighted by molar-refractivity contribution is 7.16. The summed E-state index contributed by atoms with van der Waals surface area (Å²) in [6.45, 7) is 1.15. The molecule has 78 valence electrons. The molecule has 1 aromatic carbocycles. The molecule has 3 rings (SSSR count). The van der Waals surface area contributed by atoms with Gasteiger partial charge in [-0.3, -0.25) is 0 Å². The van der Waals surface area contributed by atoms with Gasteiger partial charge in [-0.05, 0) is 37.1 Å². The number of fused-ring (bicyclic) bond motifs is 1. The van der Waals surface area contributed by atoms with Crippen molar-refractivity contribution in [1.82, 2.24) is 10.3 Å². The molecule has 1 saturated heterocycles. The van der Waals surface area contributed by atoms with E-state index in [1.807, 2.05) is 5.51 Å². The van der Waals surface area contributed by atoms with E-state index in [4.69, 9.17) is 0 Å². The Morgan fingerprint density at radius 2 is 2.33 bits per heavy atom. The summed E-state index contributed by atoms with van der Waals surface area (Å²) in [4.78, 5) is 4.36. The van der Waals surface area contributed by atoms with Crippen molar-refractivity contribution in [2.45, 2.75) is 25.3 Å². The van der Waals surface area contributed by atoms with Crippen molar-refractivity contribution < 1.29 is 0 Å². The van der Waals surface area contributed by atoms with Crippen LogP contribution in [0.5, 0.6) is 0 Å². The Balaban J connectivity index is 1.95. The Hall–Kier alpha value is -0.930. The van der Waals surface area contributed by atoms with Crippen LogP contribution in [0.3, 0.4) is 0 Å². The Labute approximate surface area is 93.3 Å². The van der Waals surface area contributed by atoms with E-state index in [0.29, 0.717) is 6.04 Å². The molecule has 0 amide bonds. The first-order chi connectivity index (χ1) is 7.43. The molecule has 3 heteroatoms. The van der Waals surface area contributed by atoms with Gasteiger partial charge < -0.3 is 5.32 Å². The molecule has 1 fully saturated rings. The highest BCUT2D eigenvalue weighted by atomic mass is 32.1. The maximum Gasteiger partial charge on any atom is 0.0815 e. The highest BCUT2D eigenvalue weighted by Gasteiger charge is 2.14. The van der Waals surface area contributed by atoms with E-state index < -0.39 is 0 Å². The van der Waals surface area contributed by atoms with Gasteiger partial charge in [0.05, 0.1) is 15.7 Å². The minimum absolute atomic E-state index is 0.546. The fraction of sp³-hybridized carbons (Fsp3) is 0.417. The second kappa shape index (κ2) is 3.91. The van der Waals surface area contributed by atoms with Crippen molar-refractivity contribution in [2.24, 2.45) is 0 Å². The van der Waals surface area contributed by atoms with E-state index >= 15 is 0 Å². The molecule has 1 atom stereocenters. The van der Waals surface area contributed by atoms with Crippen LogP contribution in [0.25, 0.3) is 10.2 Å². The number of hydrogen-bond donors (Lipinski definition) is 1. The molecule has 2 heterocycles. The number of aromatic nitrogens is 1. The average molecular weight is 218 g/mol. The third-order valence-electron chi connectivity index (χ3n) is 3.07. The molecular formula is C12H14N2S. The number of hydrogen-bond acceptors (Lipinski definition) is 3. The zero-order valence-corrected chi connectivity index (χ0v) is 9.39. The second-order valence-electron chi connectivity index (χ2n) is 4.08. The lowest BCUT2D eigenvalue weighted by Gasteiger charge is -2.23. The average Bonchev–Trinajstić information content (AvgIpc) is 2.77. The van der Waals surface area contributed by atoms with Gasteiger partial charge in [-0.1, -0.05) is 12.5 Å². The third-order valence-corrected chi connectivity index (χ3v) is 3.88. The summed E-state index contributed by atoms with van der Waals surface area (Å²) >= 11 is 1.71. The summed E-state index contributed by atoms with van der Waals surface area (Å²) in [6.07, 6.45) is 3.91. The van der Waals surface area contributed by atoms with Crippen LogP contribution < -0.4 is 5.32 Å². The van der Waals surface area contributed by atoms with Crippen molar-refractivity contribution >= 4 is 21.6 Å². The summed E-state index contributed by atoms with van der Waals surface area (Å²) < 4.78 is 1.29. The Bertz CT molecular complexity index is 457. The van der Waals surface area contributed by atoms with E-state index in [1.165, 1.54) is 29.5 Å². The van der Waals surface area contributed by atoms with Gasteiger partial charge in [-0.2, -0.15) is 0 Å². The van der Waals surface area contributed by atoms with Crippen LogP contribution in [0.2, 0.25) is 0 Å². The lowest BCUT2D eigenvalue weighted by molar-refractivity contribution is 0.412. The van der Waals surface area contributed by atoms with Crippen molar-refractivity contribution in [1.29, 1.82) is 0 Å². The van der Waals surface area contributed by atoms with Crippen LogP contribution in [-0.2, 0) is 0 Å². The first kappa shape index (κ1) is 9.31. The molecule has 1 aromatic heterocycles. The first-order valence-corrected chi connectivity index (χ1v) is 6.38. The molecular weight excluding hydrogens is 204 g/mol. The number of benzene rings is 1. The van der Waals surface area contributed by atoms with Gasteiger partial charge in [0.25, 0.3) is 0 Å². The predicted octanol–water partition coefficient (Wildman–Crippen LogP) is 3.11. The van der Waals surface area contributed by atoms with Gasteiger partial charge in [-0.25, -0.2) is 4.98 Å². The van der Waals surface area contributed by atoms with Crippen molar-refractivity contribution in [3.63, 3.8) is 0 Å². The number of nitrogens with zero attached hydrogens (tertiary/aromatic N) is 1. The number of piperidine rings is 1. The summed E-state index contributed by atoms with van der Waals surface area (Å²) in [5, 5.41) is 3.57. The minimum Gasteiger partial charge on any atom is -0.310 e. The van der Waals surface area contributed by atoms with Crippen LogP contribution in [0, 0.1) is 0 Å². The summed E-state index contributed by atoms with van der Waals surface area (Å²) in [5.41, 5.74) is 4.46. The molecule has 1 aliphatic rings. The molecule has 0 radical (unpaired) electrons. The van der Waals surface area contributed by atoms with Crippen LogP contribution in [0.15, 0.2) is 23.7 Å². The Kier molecular flexibility index (Phi) is 2.43. The van der Waals surface area contributed by atoms with Crippen LogP contribution >= 0.6 is 11.3 Å². The molecule has 0 unspecified atom stereocenters. The lowest BCUT2D eigenvalue weighted by Crippen LogP contribution is -2.26. The molecule has 0 bridgehead atoms. The van der Waals surface area contributed by atoms with E-state index in [0.717, 1.165) is 12.1 Å². The van der Waals surface area contributed by atoms with Crippen LogP contribution in [0.4, 0.5) is 0 Å². The van der Waals surface area contributed by atoms with Gasteiger partial charge >= 0.3 is 0 Å². The molecule has 2 aromatic rings. The van der Waals surface area contributed by atoms with Crippen LogP contribution in [0.1, 0.15) is 30.9 Å². The topological polar surface area (TPSA) is 24.9 Å². The maximum atomic E-state index is 4.36. The van der Waals surface area contributed by atoms with Crippen LogP contribution in [-0.4, -0.2) is 11.5 Å². The molecule has 2 nitrogen and oxygen atoms in total. The zero-order chi connectivity index (χ0) is 10.1. The van der Waals surface area contributed by atoms with Crippen molar-refractivity contribution in [3.8, 4) is 0 Å². The second-order valence-corrected chi connectivity index (χ2v) is 4.97. The van der Waals surface area contributed by atoms with Gasteiger partial charge in [0, 0.05) is 6.04 Å². The molecule has 1 N–H and O–H groups in total. The maximum absolute atomic E-state index is 4.36. The molecule has 0 spiro atoms. The number of thiazole rings is 1. The number of rotatable bonds is 1. The van der Waals surface area contributed by atoms with Gasteiger partial charge in [0.1, 0.15) is 0 Å².